The van der Waals surface area contributed by atoms with Gasteiger partial charge in [0.05, 0.1) is 36.7 Å². The van der Waals surface area contributed by atoms with E-state index in [0.29, 0.717) is 65.5 Å². The van der Waals surface area contributed by atoms with Crippen LogP contribution in [0.15, 0.2) is 90.9 Å². The zero-order valence-electron chi connectivity index (χ0n) is 47.1. The van der Waals surface area contributed by atoms with Crippen LogP contribution < -0.4 is 25.0 Å². The smallest absolute Gasteiger partial charge is 0.319 e. The highest BCUT2D eigenvalue weighted by Crippen LogP contribution is 2.53. The molecule has 4 fully saturated rings. The number of aliphatic hydroxyl groups is 1. The van der Waals surface area contributed by atoms with Gasteiger partial charge >= 0.3 is 6.01 Å². The number of ether oxygens (including phenoxy) is 3. The summed E-state index contributed by atoms with van der Waals surface area (Å²) in [4.78, 5) is 47.5. The van der Waals surface area contributed by atoms with Crippen molar-refractivity contribution in [1.82, 2.24) is 55.7 Å². The van der Waals surface area contributed by atoms with Crippen LogP contribution in [-0.2, 0) is 26.3 Å². The summed E-state index contributed by atoms with van der Waals surface area (Å²) in [7, 11) is 1.64. The van der Waals surface area contributed by atoms with Crippen LogP contribution in [0.3, 0.4) is 0 Å². The lowest BCUT2D eigenvalue weighted by atomic mass is 9.75. The molecule has 422 valence electrons. The molecule has 19 heteroatoms. The second-order valence-electron chi connectivity index (χ2n) is 23.4. The van der Waals surface area contributed by atoms with E-state index in [1.165, 1.54) is 6.07 Å². The summed E-state index contributed by atoms with van der Waals surface area (Å²) >= 11 is 0. The minimum absolute atomic E-state index is 0.147. The van der Waals surface area contributed by atoms with Crippen molar-refractivity contribution in [3.63, 3.8) is 0 Å². The Morgan fingerprint density at radius 1 is 1.02 bits per heavy atom. The Hall–Kier alpha value is -7.61. The number of nitrogens with one attached hydrogen (secondary N) is 3. The van der Waals surface area contributed by atoms with Gasteiger partial charge in [-0.2, -0.15) is 15.1 Å². The number of carbonyl (C=O) groups excluding carboxylic acids is 2. The van der Waals surface area contributed by atoms with E-state index in [4.69, 9.17) is 24.2 Å². The fourth-order valence-electron chi connectivity index (χ4n) is 12.6. The molecule has 1 saturated carbocycles. The summed E-state index contributed by atoms with van der Waals surface area (Å²) in [5, 5.41) is 35.3. The first-order valence-electron chi connectivity index (χ1n) is 28.5. The summed E-state index contributed by atoms with van der Waals surface area (Å²) < 4.78 is 36.7. The van der Waals surface area contributed by atoms with Gasteiger partial charge in [-0.1, -0.05) is 74.5 Å². The number of piperazine rings is 1. The molecule has 2 amide bonds. The van der Waals surface area contributed by atoms with Crippen molar-refractivity contribution in [3.8, 4) is 34.1 Å². The third-order valence-electron chi connectivity index (χ3n) is 17.4. The number of nitrogens with zero attached hydrogens (tertiary/aromatic N) is 9. The number of rotatable bonds is 19. The number of benzene rings is 3. The molecule has 81 heavy (non-hydrogen) atoms. The van der Waals surface area contributed by atoms with Gasteiger partial charge in [0.2, 0.25) is 11.8 Å². The van der Waals surface area contributed by atoms with Crippen LogP contribution in [0.4, 0.5) is 10.2 Å². The minimum atomic E-state index is -0.727. The van der Waals surface area contributed by atoms with Gasteiger partial charge < -0.3 is 39.8 Å². The van der Waals surface area contributed by atoms with Crippen molar-refractivity contribution in [1.29, 1.82) is 0 Å². The Morgan fingerprint density at radius 3 is 2.56 bits per heavy atom. The molecular formula is C62H71FN12O6. The van der Waals surface area contributed by atoms with Crippen LogP contribution in [0.1, 0.15) is 106 Å². The lowest BCUT2D eigenvalue weighted by Gasteiger charge is -2.33. The van der Waals surface area contributed by atoms with E-state index in [1.807, 2.05) is 64.1 Å². The average Bonchev–Trinajstić information content (AvgIpc) is 4.09. The molecular weight excluding hydrogens is 1030 g/mol. The Labute approximate surface area is 470 Å². The van der Waals surface area contributed by atoms with E-state index in [2.05, 4.69) is 72.2 Å². The van der Waals surface area contributed by atoms with Gasteiger partial charge in [0.15, 0.2) is 5.75 Å². The number of aromatic amines is 1. The van der Waals surface area contributed by atoms with Crippen LogP contribution >= 0.6 is 0 Å². The number of pyridine rings is 1. The standard InChI is InChI=1S/C62H71FN12O6/c1-34(2)56(60(78)73-23-9-11-52(73)59(77)67-51(31-76)41-18-20-62(6,21-19-41)47-10-8-22-64-37(47)5)75-30-50(71-72-75)40-14-12-38(13-15-40)33-80-57-54(53-36(4)48(63)26-49-46(53)28-66-70-49)44(39-16-17-39)25-45-55(57)68-61(81-32-35(3)79-7)69-58(45)74-29-42-24-43(74)27-65-42/h8,10,12-15,18-20,22,25-26,28,30,34-35,39,42-43,51-52,56,65,76H,9,11,16-17,21,23-24,27,29,31-33H2,1-7H3,(H,66,70)(H,67,77)/t35-,42-,43-,51-,52-,56-,62?/m0/s1. The van der Waals surface area contributed by atoms with Crippen molar-refractivity contribution >= 4 is 39.4 Å². The number of hydrogen-bond donors (Lipinski definition) is 4. The molecule has 7 aromatic rings. The number of aryl methyl sites for hydroxylation is 1. The Morgan fingerprint density at radius 2 is 1.85 bits per heavy atom. The summed E-state index contributed by atoms with van der Waals surface area (Å²) in [5.74, 6) is 0.485. The van der Waals surface area contributed by atoms with Crippen molar-refractivity contribution in [2.45, 2.75) is 134 Å². The fraction of sp³-hybridized carbons (Fsp3) is 0.452. The monoisotopic (exact) mass is 1100 g/mol. The van der Waals surface area contributed by atoms with Gasteiger partial charge in [0, 0.05) is 83.6 Å². The zero-order valence-corrected chi connectivity index (χ0v) is 47.1. The molecule has 0 radical (unpaired) electrons. The minimum Gasteiger partial charge on any atom is -0.486 e. The topological polar surface area (TPSA) is 211 Å². The van der Waals surface area contributed by atoms with Gasteiger partial charge in [-0.15, -0.1) is 5.10 Å². The van der Waals surface area contributed by atoms with Gasteiger partial charge in [0.1, 0.15) is 48.1 Å². The number of aromatic nitrogens is 8. The Balaban J connectivity index is 0.807. The quantitative estimate of drug-likeness (QED) is 0.0599. The van der Waals surface area contributed by atoms with E-state index in [9.17, 15) is 14.7 Å². The number of carbonyl (C=O) groups is 2. The predicted molar refractivity (Wildman–Crippen MR) is 306 cm³/mol. The Kier molecular flexibility index (Phi) is 14.7. The molecule has 7 heterocycles. The largest absolute Gasteiger partial charge is 0.486 e. The summed E-state index contributed by atoms with van der Waals surface area (Å²) in [6.45, 7) is 14.0. The molecule has 3 aromatic carbocycles. The van der Waals surface area contributed by atoms with Gasteiger partial charge in [-0.3, -0.25) is 19.7 Å². The molecule has 18 nitrogen and oxygen atoms in total. The van der Waals surface area contributed by atoms with Crippen LogP contribution in [-0.4, -0.2) is 132 Å². The van der Waals surface area contributed by atoms with E-state index < -0.39 is 18.1 Å². The summed E-state index contributed by atoms with van der Waals surface area (Å²) in [5.41, 5.74) is 9.07. The highest BCUT2D eigenvalue weighted by atomic mass is 19.1. The molecule has 3 saturated heterocycles. The molecule has 2 aliphatic carbocycles. The third kappa shape index (κ3) is 10.3. The number of aliphatic hydroxyl groups excluding tert-OH is 1. The van der Waals surface area contributed by atoms with Gasteiger partial charge in [-0.25, -0.2) is 9.07 Å². The SMILES string of the molecule is CO[C@@H](C)COc1nc(N2C[C@@H]3C[C@H]2CN3)c2cc(C3CC3)c(-c3c(C)c(F)cc4[nH]ncc34)c(OCc3ccc(-c4cn([C@H](C(=O)N5CCC[C@H]5C(=O)N[C@@H](CO)C5=CCC(C)(c6cccnc6C)C=C5)C(C)C)nn4)cc3)c2n1. The first kappa shape index (κ1) is 54.0. The number of anilines is 1. The second kappa shape index (κ2) is 22.0. The zero-order chi connectivity index (χ0) is 56.3. The summed E-state index contributed by atoms with van der Waals surface area (Å²) in [6, 6.07) is 14.4. The number of halogens is 1. The Bertz CT molecular complexity index is 3590. The van der Waals surface area contributed by atoms with Crippen molar-refractivity contribution < 1.29 is 33.3 Å². The number of H-pyrrole nitrogens is 1. The lowest BCUT2D eigenvalue weighted by Crippen LogP contribution is -2.52. The average molecular weight is 1100 g/mol. The number of hydrogen-bond acceptors (Lipinski definition) is 14. The molecule has 2 bridgehead atoms. The molecule has 3 aliphatic heterocycles. The normalized spacial score (nSPS) is 21.8. The van der Waals surface area contributed by atoms with Gasteiger partial charge in [-0.05, 0) is 117 Å². The predicted octanol–water partition coefficient (Wildman–Crippen LogP) is 8.51. The first-order chi connectivity index (χ1) is 39.2. The number of fused-ring (bicyclic) bond motifs is 4. The highest BCUT2D eigenvalue weighted by molar-refractivity contribution is 6.06. The fourth-order valence-corrected chi connectivity index (χ4v) is 12.6. The molecule has 5 aliphatic rings. The maximum Gasteiger partial charge on any atom is 0.319 e. The number of likely N-dealkylation sites (tertiary alicyclic amines) is 1. The number of methoxy groups -OCH3 is 1. The third-order valence-corrected chi connectivity index (χ3v) is 17.4. The number of amides is 2. The van der Waals surface area contributed by atoms with Crippen molar-refractivity contribution in [3.05, 3.63) is 125 Å². The van der Waals surface area contributed by atoms with Gasteiger partial charge in [0.25, 0.3) is 0 Å². The molecule has 7 atom stereocenters. The van der Waals surface area contributed by atoms with Crippen LogP contribution in [0.25, 0.3) is 44.2 Å². The molecule has 12 rings (SSSR count). The number of allylic oxidation sites excluding steroid dienone is 2. The maximum atomic E-state index is 16.1. The highest BCUT2D eigenvalue weighted by Gasteiger charge is 2.42. The van der Waals surface area contributed by atoms with E-state index in [1.54, 1.807) is 42.2 Å². The molecule has 4 N–H and O–H groups in total. The molecule has 1 unspecified atom stereocenters. The van der Waals surface area contributed by atoms with Crippen LogP contribution in [0.2, 0.25) is 0 Å². The summed E-state index contributed by atoms with van der Waals surface area (Å²) in [6.07, 6.45) is 16.1. The van der Waals surface area contributed by atoms with E-state index in [-0.39, 0.29) is 72.9 Å². The van der Waals surface area contributed by atoms with Crippen LogP contribution in [0, 0.1) is 25.6 Å². The van der Waals surface area contributed by atoms with E-state index in [0.717, 1.165) is 88.0 Å². The molecule has 0 spiro atoms. The van der Waals surface area contributed by atoms with Crippen LogP contribution in [0.5, 0.6) is 11.8 Å². The lowest BCUT2D eigenvalue weighted by molar-refractivity contribution is -0.142. The second-order valence-corrected chi connectivity index (χ2v) is 23.4. The van der Waals surface area contributed by atoms with Crippen molar-refractivity contribution in [2.75, 3.05) is 44.9 Å². The first-order valence-corrected chi connectivity index (χ1v) is 28.5. The van der Waals surface area contributed by atoms with E-state index >= 15 is 4.39 Å². The molecule has 4 aromatic heterocycles. The van der Waals surface area contributed by atoms with Crippen molar-refractivity contribution in [2.24, 2.45) is 5.92 Å². The maximum absolute atomic E-state index is 16.1.